The van der Waals surface area contributed by atoms with Crippen LogP contribution in [0.2, 0.25) is 0 Å². The Morgan fingerprint density at radius 2 is 0.500 bits per heavy atom. The van der Waals surface area contributed by atoms with Crippen LogP contribution in [0.5, 0.6) is 0 Å². The van der Waals surface area contributed by atoms with Crippen LogP contribution in [0.3, 0.4) is 0 Å². The van der Waals surface area contributed by atoms with Gasteiger partial charge < -0.3 is 14.2 Å². The molecule has 0 heterocycles. The van der Waals surface area contributed by atoms with E-state index in [1.54, 1.807) is 0 Å². The third-order valence-electron chi connectivity index (χ3n) is 15.3. The first-order valence-electron chi connectivity index (χ1n) is 34.3. The highest BCUT2D eigenvalue weighted by atomic mass is 16.6. The highest BCUT2D eigenvalue weighted by Gasteiger charge is 2.19. The number of esters is 3. The Hall–Kier alpha value is -2.89. The molecule has 0 N–H and O–H groups in total. The fourth-order valence-electron chi connectivity index (χ4n) is 10.1. The summed E-state index contributed by atoms with van der Waals surface area (Å²) in [5, 5.41) is 0. The number of ether oxygens (including phenoxy) is 3. The quantitative estimate of drug-likeness (QED) is 0.0261. The molecule has 1 atom stereocenters. The predicted octanol–water partition coefficient (Wildman–Crippen LogP) is 23.5. The third kappa shape index (κ3) is 63.9. The maximum absolute atomic E-state index is 12.9. The largest absolute Gasteiger partial charge is 0.462 e. The topological polar surface area (TPSA) is 78.9 Å². The van der Waals surface area contributed by atoms with Gasteiger partial charge in [-0.15, -0.1) is 0 Å². The highest BCUT2D eigenvalue weighted by molar-refractivity contribution is 5.71. The molecule has 0 aromatic rings. The second-order valence-electron chi connectivity index (χ2n) is 23.1. The fraction of sp³-hybridized carbons (Fsp3) is 0.819. The number of carbonyl (C=O) groups excluding carboxylic acids is 3. The summed E-state index contributed by atoms with van der Waals surface area (Å²) in [5.74, 6) is -0.900. The van der Waals surface area contributed by atoms with Crippen molar-refractivity contribution in [1.29, 1.82) is 0 Å². The number of carbonyl (C=O) groups is 3. The van der Waals surface area contributed by atoms with Crippen LogP contribution in [0.15, 0.2) is 60.8 Å². The summed E-state index contributed by atoms with van der Waals surface area (Å²) in [4.78, 5) is 38.3. The van der Waals surface area contributed by atoms with Crippen LogP contribution >= 0.6 is 0 Å². The van der Waals surface area contributed by atoms with E-state index in [-0.39, 0.29) is 31.1 Å². The van der Waals surface area contributed by atoms with Gasteiger partial charge in [0.05, 0.1) is 0 Å². The first-order valence-corrected chi connectivity index (χ1v) is 34.3. The summed E-state index contributed by atoms with van der Waals surface area (Å²) < 4.78 is 16.9. The van der Waals surface area contributed by atoms with Crippen molar-refractivity contribution in [2.24, 2.45) is 0 Å². The predicted molar refractivity (Wildman–Crippen MR) is 339 cm³/mol. The van der Waals surface area contributed by atoms with E-state index in [9.17, 15) is 14.4 Å². The van der Waals surface area contributed by atoms with Gasteiger partial charge in [-0.3, -0.25) is 14.4 Å². The first kappa shape index (κ1) is 75.1. The monoisotopic (exact) mass is 1090 g/mol. The Kier molecular flexibility index (Phi) is 64.2. The molecule has 0 radical (unpaired) electrons. The number of allylic oxidation sites excluding steroid dienone is 10. The van der Waals surface area contributed by atoms with Crippen LogP contribution in [-0.2, 0) is 28.6 Å². The molecule has 0 saturated carbocycles. The smallest absolute Gasteiger partial charge is 0.306 e. The molecule has 0 aliphatic heterocycles. The maximum Gasteiger partial charge on any atom is 0.306 e. The van der Waals surface area contributed by atoms with Crippen LogP contribution in [0.1, 0.15) is 361 Å². The number of rotatable bonds is 63. The average molecular weight is 1090 g/mol. The van der Waals surface area contributed by atoms with Gasteiger partial charge in [0.25, 0.3) is 0 Å². The Balaban J connectivity index is 4.14. The van der Waals surface area contributed by atoms with Gasteiger partial charge in [0.2, 0.25) is 0 Å². The lowest BCUT2D eigenvalue weighted by molar-refractivity contribution is -0.167. The van der Waals surface area contributed by atoms with Crippen molar-refractivity contribution in [3.8, 4) is 0 Å². The molecule has 0 fully saturated rings. The number of hydrogen-bond acceptors (Lipinski definition) is 6. The molecule has 0 spiro atoms. The lowest BCUT2D eigenvalue weighted by Gasteiger charge is -2.18. The molecule has 0 rings (SSSR count). The van der Waals surface area contributed by atoms with Crippen molar-refractivity contribution in [3.63, 3.8) is 0 Å². The summed E-state index contributed by atoms with van der Waals surface area (Å²) in [6.07, 6.45) is 85.5. The lowest BCUT2D eigenvalue weighted by Crippen LogP contribution is -2.30. The second-order valence-corrected chi connectivity index (χ2v) is 23.1. The Morgan fingerprint density at radius 3 is 0.821 bits per heavy atom. The zero-order valence-electron chi connectivity index (χ0n) is 52.2. The van der Waals surface area contributed by atoms with Gasteiger partial charge in [0.15, 0.2) is 6.10 Å². The molecule has 454 valence electrons. The Labute approximate surface area is 485 Å². The molecule has 0 saturated heterocycles. The Morgan fingerprint density at radius 1 is 0.269 bits per heavy atom. The summed E-state index contributed by atoms with van der Waals surface area (Å²) >= 11 is 0. The van der Waals surface area contributed by atoms with Crippen LogP contribution < -0.4 is 0 Å². The average Bonchev–Trinajstić information content (AvgIpc) is 3.44. The van der Waals surface area contributed by atoms with E-state index in [4.69, 9.17) is 14.2 Å². The summed E-state index contributed by atoms with van der Waals surface area (Å²) in [7, 11) is 0. The zero-order chi connectivity index (χ0) is 56.4. The van der Waals surface area contributed by atoms with Crippen molar-refractivity contribution < 1.29 is 28.6 Å². The van der Waals surface area contributed by atoms with E-state index in [0.29, 0.717) is 19.3 Å². The van der Waals surface area contributed by atoms with Crippen LogP contribution in [-0.4, -0.2) is 37.2 Å². The second kappa shape index (κ2) is 66.6. The van der Waals surface area contributed by atoms with E-state index < -0.39 is 6.10 Å². The van der Waals surface area contributed by atoms with Gasteiger partial charge in [-0.05, 0) is 83.5 Å². The first-order chi connectivity index (χ1) is 38.5. The summed E-state index contributed by atoms with van der Waals surface area (Å²) in [5.41, 5.74) is 0. The lowest BCUT2D eigenvalue weighted by atomic mass is 10.0. The van der Waals surface area contributed by atoms with Crippen LogP contribution in [0.4, 0.5) is 0 Å². The van der Waals surface area contributed by atoms with E-state index in [1.807, 2.05) is 0 Å². The molecule has 0 bridgehead atoms. The molecular formula is C72H130O6. The summed E-state index contributed by atoms with van der Waals surface area (Å²) in [6, 6.07) is 0. The van der Waals surface area contributed by atoms with Crippen molar-refractivity contribution in [3.05, 3.63) is 60.8 Å². The minimum absolute atomic E-state index is 0.0839. The Bertz CT molecular complexity index is 1390. The standard InChI is InChI=1S/C72H130O6/c1-4-7-10-13-16-19-22-25-27-29-30-31-32-33-34-35-36-37-38-39-40-41-42-44-45-47-50-53-56-59-62-65-71(74)77-68-69(67-76-70(73)64-61-58-55-52-49-24-21-18-15-12-9-6-3)78-72(75)66-63-60-57-54-51-48-46-43-28-26-23-20-17-14-11-8-5-2/h8,11,17-18,20-21,26,28,46,48,69H,4-7,9-10,12-16,19,22-25,27,29-45,47,49-68H2,1-3H3/b11-8-,20-17-,21-18-,28-26-,48-46-. The third-order valence-corrected chi connectivity index (χ3v) is 15.3. The SMILES string of the molecule is CC/C=C\C/C=C\C/C=C\C/C=C\CCCCCCC(=O)OC(COC(=O)CCCCCCC/C=C\CCCCC)COC(=O)CCCCCCCCCCCCCCCCCCCCCCCCCCCCCCCCC. The molecule has 0 aromatic heterocycles. The van der Waals surface area contributed by atoms with Gasteiger partial charge in [-0.2, -0.15) is 0 Å². The molecule has 0 amide bonds. The van der Waals surface area contributed by atoms with Gasteiger partial charge in [0.1, 0.15) is 13.2 Å². The maximum atomic E-state index is 12.9. The van der Waals surface area contributed by atoms with Crippen molar-refractivity contribution >= 4 is 17.9 Å². The van der Waals surface area contributed by atoms with Gasteiger partial charge in [0, 0.05) is 19.3 Å². The van der Waals surface area contributed by atoms with E-state index in [1.165, 1.54) is 218 Å². The number of hydrogen-bond donors (Lipinski definition) is 0. The normalized spacial score (nSPS) is 12.4. The van der Waals surface area contributed by atoms with Gasteiger partial charge >= 0.3 is 17.9 Å². The molecule has 6 heteroatoms. The van der Waals surface area contributed by atoms with Crippen molar-refractivity contribution in [2.75, 3.05) is 13.2 Å². The minimum Gasteiger partial charge on any atom is -0.462 e. The molecular weight excluding hydrogens is 961 g/mol. The molecule has 0 aliphatic rings. The van der Waals surface area contributed by atoms with Crippen molar-refractivity contribution in [1.82, 2.24) is 0 Å². The molecule has 0 aromatic carbocycles. The molecule has 78 heavy (non-hydrogen) atoms. The van der Waals surface area contributed by atoms with Gasteiger partial charge in [-0.25, -0.2) is 0 Å². The van der Waals surface area contributed by atoms with E-state index >= 15 is 0 Å². The van der Waals surface area contributed by atoms with Crippen LogP contribution in [0.25, 0.3) is 0 Å². The van der Waals surface area contributed by atoms with Gasteiger partial charge in [-0.1, -0.05) is 319 Å². The van der Waals surface area contributed by atoms with Crippen LogP contribution in [0, 0.1) is 0 Å². The molecule has 1 unspecified atom stereocenters. The highest BCUT2D eigenvalue weighted by Crippen LogP contribution is 2.18. The molecule has 0 aliphatic carbocycles. The molecule has 6 nitrogen and oxygen atoms in total. The van der Waals surface area contributed by atoms with E-state index in [2.05, 4.69) is 81.5 Å². The zero-order valence-corrected chi connectivity index (χ0v) is 52.2. The summed E-state index contributed by atoms with van der Waals surface area (Å²) in [6.45, 7) is 6.52. The van der Waals surface area contributed by atoms with E-state index in [0.717, 1.165) is 103 Å². The number of unbranched alkanes of at least 4 members (excludes halogenated alkanes) is 42. The van der Waals surface area contributed by atoms with Crippen molar-refractivity contribution in [2.45, 2.75) is 367 Å². The fourth-order valence-corrected chi connectivity index (χ4v) is 10.1. The minimum atomic E-state index is -0.790.